The molecule has 122 valence electrons. The first-order chi connectivity index (χ1) is 11.2. The first-order valence-electron chi connectivity index (χ1n) is 7.65. The Morgan fingerprint density at radius 2 is 2.39 bits per heavy atom. The molecule has 1 aliphatic rings. The summed E-state index contributed by atoms with van der Waals surface area (Å²) in [6.07, 6.45) is 1.09. The van der Waals surface area contributed by atoms with Crippen molar-refractivity contribution in [1.29, 1.82) is 0 Å². The molecule has 0 unspecified atom stereocenters. The largest absolute Gasteiger partial charge is 0.370 e. The third-order valence-electron chi connectivity index (χ3n) is 3.80. The van der Waals surface area contributed by atoms with E-state index >= 15 is 0 Å². The molecule has 2 aromatic heterocycles. The average molecular weight is 332 g/mol. The summed E-state index contributed by atoms with van der Waals surface area (Å²) in [5.41, 5.74) is 2.61. The quantitative estimate of drug-likeness (QED) is 0.836. The van der Waals surface area contributed by atoms with Gasteiger partial charge in [0.2, 0.25) is 11.0 Å². The number of aryl methyl sites for hydroxylation is 1. The second kappa shape index (κ2) is 7.47. The fourth-order valence-corrected chi connectivity index (χ4v) is 3.16. The maximum Gasteiger partial charge on any atom is 0.240 e. The SMILES string of the molecule is Cc1cccc(NC[C@@H]2CCN(CC(=O)Nc3nncs3)C2)n1. The number of aromatic nitrogens is 3. The molecule has 3 heterocycles. The zero-order chi connectivity index (χ0) is 16.1. The molecule has 0 aromatic carbocycles. The molecule has 23 heavy (non-hydrogen) atoms. The Labute approximate surface area is 139 Å². The van der Waals surface area contributed by atoms with Crippen molar-refractivity contribution in [3.05, 3.63) is 29.4 Å². The highest BCUT2D eigenvalue weighted by Crippen LogP contribution is 2.17. The van der Waals surface area contributed by atoms with Crippen LogP contribution < -0.4 is 10.6 Å². The zero-order valence-corrected chi connectivity index (χ0v) is 13.8. The minimum absolute atomic E-state index is 0.0317. The lowest BCUT2D eigenvalue weighted by Gasteiger charge is -2.15. The van der Waals surface area contributed by atoms with Crippen molar-refractivity contribution < 1.29 is 4.79 Å². The topological polar surface area (TPSA) is 83.0 Å². The van der Waals surface area contributed by atoms with Gasteiger partial charge in [-0.2, -0.15) is 0 Å². The van der Waals surface area contributed by atoms with E-state index in [9.17, 15) is 4.79 Å². The van der Waals surface area contributed by atoms with E-state index in [1.165, 1.54) is 11.3 Å². The van der Waals surface area contributed by atoms with Gasteiger partial charge in [-0.1, -0.05) is 17.4 Å². The van der Waals surface area contributed by atoms with Crippen molar-refractivity contribution in [2.75, 3.05) is 36.8 Å². The van der Waals surface area contributed by atoms with Crippen LogP contribution in [0.3, 0.4) is 0 Å². The van der Waals surface area contributed by atoms with Gasteiger partial charge in [0.25, 0.3) is 0 Å². The summed E-state index contributed by atoms with van der Waals surface area (Å²) >= 11 is 1.33. The minimum Gasteiger partial charge on any atom is -0.370 e. The number of rotatable bonds is 6. The molecule has 0 bridgehead atoms. The van der Waals surface area contributed by atoms with E-state index in [1.54, 1.807) is 5.51 Å². The van der Waals surface area contributed by atoms with Crippen LogP contribution in [0.25, 0.3) is 0 Å². The molecule has 1 aliphatic heterocycles. The summed E-state index contributed by atoms with van der Waals surface area (Å²) in [4.78, 5) is 18.6. The van der Waals surface area contributed by atoms with E-state index in [0.717, 1.165) is 37.6 Å². The van der Waals surface area contributed by atoms with Crippen LogP contribution in [0, 0.1) is 12.8 Å². The van der Waals surface area contributed by atoms with Crippen molar-refractivity contribution in [3.63, 3.8) is 0 Å². The first kappa shape index (κ1) is 15.8. The Bertz CT molecular complexity index is 647. The Morgan fingerprint density at radius 1 is 1.48 bits per heavy atom. The van der Waals surface area contributed by atoms with Crippen LogP contribution in [0.1, 0.15) is 12.1 Å². The number of amides is 1. The molecule has 1 saturated heterocycles. The molecule has 0 spiro atoms. The van der Waals surface area contributed by atoms with Crippen molar-refractivity contribution in [3.8, 4) is 0 Å². The number of nitrogens with one attached hydrogen (secondary N) is 2. The third-order valence-corrected chi connectivity index (χ3v) is 4.41. The van der Waals surface area contributed by atoms with Crippen molar-refractivity contribution >= 4 is 28.2 Å². The number of pyridine rings is 1. The molecule has 8 heteroatoms. The smallest absolute Gasteiger partial charge is 0.240 e. The highest BCUT2D eigenvalue weighted by molar-refractivity contribution is 7.13. The molecule has 0 radical (unpaired) electrons. The van der Waals surface area contributed by atoms with Crippen LogP contribution in [0.5, 0.6) is 0 Å². The normalized spacial score (nSPS) is 18.0. The van der Waals surface area contributed by atoms with Gasteiger partial charge in [-0.3, -0.25) is 15.0 Å². The van der Waals surface area contributed by atoms with Crippen LogP contribution in [0.2, 0.25) is 0 Å². The van der Waals surface area contributed by atoms with Crippen LogP contribution in [0.15, 0.2) is 23.7 Å². The lowest BCUT2D eigenvalue weighted by Crippen LogP contribution is -2.32. The molecule has 0 saturated carbocycles. The van der Waals surface area contributed by atoms with Crippen LogP contribution >= 0.6 is 11.3 Å². The molecule has 7 nitrogen and oxygen atoms in total. The van der Waals surface area contributed by atoms with Crippen LogP contribution in [-0.2, 0) is 4.79 Å². The average Bonchev–Trinajstić information content (AvgIpc) is 3.17. The van der Waals surface area contributed by atoms with Gasteiger partial charge in [-0.25, -0.2) is 4.98 Å². The molecule has 1 fully saturated rings. The van der Waals surface area contributed by atoms with E-state index in [4.69, 9.17) is 0 Å². The van der Waals surface area contributed by atoms with Crippen molar-refractivity contribution in [2.45, 2.75) is 13.3 Å². The first-order valence-corrected chi connectivity index (χ1v) is 8.53. The molecule has 0 aliphatic carbocycles. The number of anilines is 2. The highest BCUT2D eigenvalue weighted by atomic mass is 32.1. The van der Waals surface area contributed by atoms with Gasteiger partial charge < -0.3 is 5.32 Å². The number of nitrogens with zero attached hydrogens (tertiary/aromatic N) is 4. The Morgan fingerprint density at radius 3 is 3.17 bits per heavy atom. The van der Waals surface area contributed by atoms with E-state index < -0.39 is 0 Å². The molecule has 2 aromatic rings. The van der Waals surface area contributed by atoms with Gasteiger partial charge in [-0.05, 0) is 37.9 Å². The molecule has 2 N–H and O–H groups in total. The Balaban J connectivity index is 1.40. The van der Waals surface area contributed by atoms with E-state index in [2.05, 4.69) is 30.7 Å². The molecule has 1 atom stereocenters. The predicted octanol–water partition coefficient (Wildman–Crippen LogP) is 1.61. The monoisotopic (exact) mass is 332 g/mol. The zero-order valence-electron chi connectivity index (χ0n) is 13.0. The third kappa shape index (κ3) is 4.70. The van der Waals surface area contributed by atoms with Gasteiger partial charge in [0.05, 0.1) is 6.54 Å². The molecule has 1 amide bonds. The number of carbonyl (C=O) groups excluding carboxylic acids is 1. The van der Waals surface area contributed by atoms with Gasteiger partial charge >= 0.3 is 0 Å². The van der Waals surface area contributed by atoms with Gasteiger partial charge in [0.15, 0.2) is 0 Å². The van der Waals surface area contributed by atoms with E-state index in [0.29, 0.717) is 17.6 Å². The van der Waals surface area contributed by atoms with Gasteiger partial charge in [0, 0.05) is 18.8 Å². The van der Waals surface area contributed by atoms with E-state index in [1.807, 2.05) is 25.1 Å². The second-order valence-corrected chi connectivity index (χ2v) is 6.56. The lowest BCUT2D eigenvalue weighted by atomic mass is 10.1. The fraction of sp³-hybridized carbons (Fsp3) is 0.467. The summed E-state index contributed by atoms with van der Waals surface area (Å²) in [6.45, 7) is 5.13. The van der Waals surface area contributed by atoms with E-state index in [-0.39, 0.29) is 5.91 Å². The maximum absolute atomic E-state index is 12.0. The Hall–Kier alpha value is -2.06. The van der Waals surface area contributed by atoms with Crippen LogP contribution in [0.4, 0.5) is 10.9 Å². The summed E-state index contributed by atoms with van der Waals surface area (Å²) < 4.78 is 0. The van der Waals surface area contributed by atoms with Crippen molar-refractivity contribution in [2.24, 2.45) is 5.92 Å². The summed E-state index contributed by atoms with van der Waals surface area (Å²) in [5.74, 6) is 1.42. The molecular formula is C15H20N6OS. The number of hydrogen-bond donors (Lipinski definition) is 2. The lowest BCUT2D eigenvalue weighted by molar-refractivity contribution is -0.117. The summed E-state index contributed by atoms with van der Waals surface area (Å²) in [7, 11) is 0. The van der Waals surface area contributed by atoms with Gasteiger partial charge in [-0.15, -0.1) is 10.2 Å². The highest BCUT2D eigenvalue weighted by Gasteiger charge is 2.24. The summed E-state index contributed by atoms with van der Waals surface area (Å²) in [6, 6.07) is 5.97. The number of likely N-dealkylation sites (tertiary alicyclic amines) is 1. The maximum atomic E-state index is 12.0. The Kier molecular flexibility index (Phi) is 5.14. The molecule has 3 rings (SSSR count). The summed E-state index contributed by atoms with van der Waals surface area (Å²) in [5, 5.41) is 14.2. The van der Waals surface area contributed by atoms with Gasteiger partial charge in [0.1, 0.15) is 11.3 Å². The predicted molar refractivity (Wildman–Crippen MR) is 90.5 cm³/mol. The second-order valence-electron chi connectivity index (χ2n) is 5.73. The van der Waals surface area contributed by atoms with Crippen LogP contribution in [-0.4, -0.2) is 52.2 Å². The van der Waals surface area contributed by atoms with Crippen molar-refractivity contribution in [1.82, 2.24) is 20.1 Å². The molecular weight excluding hydrogens is 312 g/mol. The number of hydrogen-bond acceptors (Lipinski definition) is 7. The minimum atomic E-state index is -0.0317. The fourth-order valence-electron chi connectivity index (χ4n) is 2.70. The standard InChI is InChI=1S/C15H20N6OS/c1-11-3-2-4-13(18-11)16-7-12-5-6-21(8-12)9-14(22)19-15-20-17-10-23-15/h2-4,10,12H,5-9H2,1H3,(H,16,18)(H,19,20,22)/t12-/m0/s1. The number of carbonyl (C=O) groups is 1.